The summed E-state index contributed by atoms with van der Waals surface area (Å²) in [5.41, 5.74) is 10.9. The number of nitrogen functional groups attached to an aromatic ring is 1. The van der Waals surface area contributed by atoms with Crippen LogP contribution in [0.2, 0.25) is 0 Å². The second-order valence-electron chi connectivity index (χ2n) is 6.30. The van der Waals surface area contributed by atoms with E-state index in [1.54, 1.807) is 12.1 Å². The van der Waals surface area contributed by atoms with Gasteiger partial charge in [0.25, 0.3) is 0 Å². The summed E-state index contributed by atoms with van der Waals surface area (Å²) < 4.78 is 15.0. The van der Waals surface area contributed by atoms with Crippen LogP contribution in [-0.4, -0.2) is 31.2 Å². The molecule has 0 amide bonds. The first-order valence-corrected chi connectivity index (χ1v) is 8.22. The van der Waals surface area contributed by atoms with Crippen molar-refractivity contribution in [1.82, 2.24) is 24.6 Å². The Labute approximate surface area is 145 Å². The van der Waals surface area contributed by atoms with Crippen molar-refractivity contribution in [3.63, 3.8) is 0 Å². The smallest absolute Gasteiger partial charge is 0.220 e. The molecule has 1 aromatic carbocycles. The van der Waals surface area contributed by atoms with Gasteiger partial charge in [-0.25, -0.2) is 19.0 Å². The molecule has 0 spiro atoms. The zero-order valence-electron chi connectivity index (χ0n) is 14.0. The monoisotopic (exact) mass is 338 g/mol. The van der Waals surface area contributed by atoms with Crippen LogP contribution in [0.3, 0.4) is 0 Å². The van der Waals surface area contributed by atoms with Crippen LogP contribution in [0.25, 0.3) is 5.69 Å². The molecule has 6 nitrogen and oxygen atoms in total. The highest BCUT2D eigenvalue weighted by atomic mass is 19.1. The predicted molar refractivity (Wildman–Crippen MR) is 92.5 cm³/mol. The van der Waals surface area contributed by atoms with Crippen LogP contribution in [0.5, 0.6) is 0 Å². The lowest BCUT2D eigenvalue weighted by molar-refractivity contribution is 0.242. The van der Waals surface area contributed by atoms with Gasteiger partial charge >= 0.3 is 0 Å². The van der Waals surface area contributed by atoms with Crippen molar-refractivity contribution >= 4 is 5.95 Å². The molecule has 7 heteroatoms. The molecule has 1 aliphatic heterocycles. The van der Waals surface area contributed by atoms with Crippen molar-refractivity contribution in [2.45, 2.75) is 26.4 Å². The molecule has 3 aromatic rings. The lowest BCUT2D eigenvalue weighted by Gasteiger charge is -2.27. The molecule has 0 fully saturated rings. The molecule has 2 N–H and O–H groups in total. The molecule has 25 heavy (non-hydrogen) atoms. The Morgan fingerprint density at radius 1 is 1.20 bits per heavy atom. The molecule has 0 radical (unpaired) electrons. The summed E-state index contributed by atoms with van der Waals surface area (Å²) in [6.45, 7) is 4.56. The summed E-state index contributed by atoms with van der Waals surface area (Å²) in [5, 5.41) is 4.46. The van der Waals surface area contributed by atoms with E-state index in [2.05, 4.69) is 20.0 Å². The number of hydrogen-bond acceptors (Lipinski definition) is 5. The Morgan fingerprint density at radius 2 is 2.00 bits per heavy atom. The number of nitrogens with two attached hydrogens (primary N) is 1. The van der Waals surface area contributed by atoms with Crippen LogP contribution in [0.15, 0.2) is 36.7 Å². The number of fused-ring (bicyclic) bond motifs is 1. The summed E-state index contributed by atoms with van der Waals surface area (Å²) in [6.07, 6.45) is 4.57. The molecule has 3 heterocycles. The molecular formula is C18H19FN6. The van der Waals surface area contributed by atoms with Crippen LogP contribution in [-0.2, 0) is 19.5 Å². The van der Waals surface area contributed by atoms with Crippen molar-refractivity contribution in [3.8, 4) is 5.69 Å². The van der Waals surface area contributed by atoms with E-state index >= 15 is 0 Å². The Morgan fingerprint density at radius 3 is 2.80 bits per heavy atom. The zero-order valence-corrected chi connectivity index (χ0v) is 14.0. The number of benzene rings is 1. The van der Waals surface area contributed by atoms with Gasteiger partial charge in [-0.15, -0.1) is 0 Å². The van der Waals surface area contributed by atoms with Gasteiger partial charge in [0, 0.05) is 49.1 Å². The van der Waals surface area contributed by atoms with Crippen molar-refractivity contribution in [2.75, 3.05) is 12.3 Å². The van der Waals surface area contributed by atoms with E-state index in [-0.39, 0.29) is 5.82 Å². The number of nitrogens with zero attached hydrogens (tertiary/aromatic N) is 5. The highest BCUT2D eigenvalue weighted by molar-refractivity contribution is 5.35. The molecule has 1 aliphatic rings. The van der Waals surface area contributed by atoms with E-state index < -0.39 is 0 Å². The van der Waals surface area contributed by atoms with E-state index in [0.717, 1.165) is 54.3 Å². The maximum atomic E-state index is 13.1. The molecule has 0 saturated carbocycles. The quantitative estimate of drug-likeness (QED) is 0.793. The van der Waals surface area contributed by atoms with Gasteiger partial charge in [0.05, 0.1) is 17.6 Å². The normalized spacial score (nSPS) is 14.5. The zero-order chi connectivity index (χ0) is 17.4. The lowest BCUT2D eigenvalue weighted by atomic mass is 10.1. The van der Waals surface area contributed by atoms with E-state index in [9.17, 15) is 4.39 Å². The number of aromatic nitrogens is 4. The van der Waals surface area contributed by atoms with Crippen LogP contribution < -0.4 is 5.73 Å². The Balaban J connectivity index is 1.52. The van der Waals surface area contributed by atoms with Gasteiger partial charge < -0.3 is 5.73 Å². The van der Waals surface area contributed by atoms with E-state index in [1.807, 2.05) is 24.0 Å². The summed E-state index contributed by atoms with van der Waals surface area (Å²) >= 11 is 0. The summed E-state index contributed by atoms with van der Waals surface area (Å²) in [6, 6.07) is 6.36. The summed E-state index contributed by atoms with van der Waals surface area (Å²) in [4.78, 5) is 10.8. The minimum Gasteiger partial charge on any atom is -0.368 e. The molecule has 0 aliphatic carbocycles. The maximum absolute atomic E-state index is 13.1. The lowest BCUT2D eigenvalue weighted by Crippen LogP contribution is -2.31. The molecule has 4 rings (SSSR count). The summed E-state index contributed by atoms with van der Waals surface area (Å²) in [5.74, 6) is 0.0900. The highest BCUT2D eigenvalue weighted by Gasteiger charge is 2.20. The molecule has 0 unspecified atom stereocenters. The fourth-order valence-corrected chi connectivity index (χ4v) is 3.21. The van der Waals surface area contributed by atoms with Crippen molar-refractivity contribution < 1.29 is 4.39 Å². The highest BCUT2D eigenvalue weighted by Crippen LogP contribution is 2.21. The first-order valence-electron chi connectivity index (χ1n) is 8.22. The van der Waals surface area contributed by atoms with Crippen LogP contribution in [0.1, 0.15) is 22.5 Å². The third-order valence-corrected chi connectivity index (χ3v) is 4.61. The first kappa shape index (κ1) is 15.7. The molecule has 0 bridgehead atoms. The molecule has 0 saturated heterocycles. The average molecular weight is 338 g/mol. The Kier molecular flexibility index (Phi) is 3.93. The number of halogens is 1. The minimum absolute atomic E-state index is 0.247. The van der Waals surface area contributed by atoms with Gasteiger partial charge in [-0.2, -0.15) is 5.10 Å². The van der Waals surface area contributed by atoms with Crippen LogP contribution in [0, 0.1) is 12.7 Å². The van der Waals surface area contributed by atoms with Crippen LogP contribution in [0.4, 0.5) is 10.3 Å². The second kappa shape index (κ2) is 6.25. The number of rotatable bonds is 3. The number of anilines is 1. The Hall–Kier alpha value is -2.80. The van der Waals surface area contributed by atoms with E-state index in [4.69, 9.17) is 5.73 Å². The fourth-order valence-electron chi connectivity index (χ4n) is 3.21. The standard InChI is InChI=1S/C18H19FN6/c1-12-13(9-22-25(12)16-4-2-15(19)3-5-16)10-24-7-6-17-14(11-24)8-21-18(20)23-17/h2-5,8-9H,6-7,10-11H2,1H3,(H2,20,21,23). The predicted octanol–water partition coefficient (Wildman–Crippen LogP) is 2.25. The van der Waals surface area contributed by atoms with Gasteiger partial charge in [-0.3, -0.25) is 4.90 Å². The third-order valence-electron chi connectivity index (χ3n) is 4.61. The van der Waals surface area contributed by atoms with Crippen molar-refractivity contribution in [3.05, 3.63) is 65.0 Å². The average Bonchev–Trinajstić information content (AvgIpc) is 2.96. The molecule has 0 atom stereocenters. The molecule has 128 valence electrons. The van der Waals surface area contributed by atoms with Gasteiger partial charge in [0.15, 0.2) is 0 Å². The van der Waals surface area contributed by atoms with E-state index in [1.165, 1.54) is 12.1 Å². The van der Waals surface area contributed by atoms with Gasteiger partial charge in [-0.05, 0) is 31.2 Å². The number of hydrogen-bond donors (Lipinski definition) is 1. The van der Waals surface area contributed by atoms with Gasteiger partial charge in [0.1, 0.15) is 5.82 Å². The van der Waals surface area contributed by atoms with Crippen molar-refractivity contribution in [1.29, 1.82) is 0 Å². The van der Waals surface area contributed by atoms with Crippen LogP contribution >= 0.6 is 0 Å². The summed E-state index contributed by atoms with van der Waals surface area (Å²) in [7, 11) is 0. The third kappa shape index (κ3) is 3.10. The SMILES string of the molecule is Cc1c(CN2CCc3nc(N)ncc3C2)cnn1-c1ccc(F)cc1. The molecular weight excluding hydrogens is 319 g/mol. The van der Waals surface area contributed by atoms with Gasteiger partial charge in [0.2, 0.25) is 5.95 Å². The van der Waals surface area contributed by atoms with Crippen molar-refractivity contribution in [2.24, 2.45) is 0 Å². The minimum atomic E-state index is -0.247. The van der Waals surface area contributed by atoms with E-state index in [0.29, 0.717) is 5.95 Å². The topological polar surface area (TPSA) is 72.9 Å². The Bertz CT molecular complexity index is 902. The second-order valence-corrected chi connectivity index (χ2v) is 6.30. The largest absolute Gasteiger partial charge is 0.368 e. The first-order chi connectivity index (χ1) is 12.1. The van der Waals surface area contributed by atoms with Gasteiger partial charge in [-0.1, -0.05) is 0 Å². The maximum Gasteiger partial charge on any atom is 0.220 e. The fraction of sp³-hybridized carbons (Fsp3) is 0.278. The molecule has 2 aromatic heterocycles.